The van der Waals surface area contributed by atoms with Gasteiger partial charge in [-0.15, -0.1) is 0 Å². The Labute approximate surface area is 120 Å². The lowest BCUT2D eigenvalue weighted by Crippen LogP contribution is -2.27. The van der Waals surface area contributed by atoms with E-state index >= 15 is 0 Å². The van der Waals surface area contributed by atoms with Crippen LogP contribution < -0.4 is 15.6 Å². The maximum Gasteiger partial charge on any atom is 0.271 e. The number of primary sulfonamides is 1. The van der Waals surface area contributed by atoms with E-state index in [0.717, 1.165) is 0 Å². The molecule has 1 atom stereocenters. The van der Waals surface area contributed by atoms with Crippen LogP contribution >= 0.6 is 0 Å². The lowest BCUT2D eigenvalue weighted by Gasteiger charge is -2.16. The molecule has 0 saturated carbocycles. The fourth-order valence-corrected chi connectivity index (χ4v) is 3.54. The molecular weight excluding hydrogens is 296 g/mol. The number of sulfonamides is 1. The van der Waals surface area contributed by atoms with E-state index in [9.17, 15) is 18.0 Å². The van der Waals surface area contributed by atoms with Crippen molar-refractivity contribution in [3.63, 3.8) is 0 Å². The highest BCUT2D eigenvalue weighted by Crippen LogP contribution is 2.27. The molecule has 1 saturated heterocycles. The number of fused-ring (bicyclic) bond motifs is 1. The van der Waals surface area contributed by atoms with Gasteiger partial charge < -0.3 is 4.90 Å². The first-order chi connectivity index (χ1) is 9.83. The van der Waals surface area contributed by atoms with Crippen LogP contribution in [0.5, 0.6) is 0 Å². The molecule has 2 heterocycles. The number of nitrogens with zero attached hydrogens (tertiary/aromatic N) is 1. The molecule has 1 aromatic heterocycles. The Morgan fingerprint density at radius 1 is 1.29 bits per heavy atom. The number of aromatic nitrogens is 2. The van der Waals surface area contributed by atoms with Gasteiger partial charge in [0, 0.05) is 24.6 Å². The summed E-state index contributed by atoms with van der Waals surface area (Å²) in [6.45, 7) is 0.281. The number of carbonyl (C=O) groups excluding carboxylic acids is 1. The zero-order chi connectivity index (χ0) is 15.2. The zero-order valence-electron chi connectivity index (χ0n) is 11.0. The van der Waals surface area contributed by atoms with E-state index < -0.39 is 10.0 Å². The van der Waals surface area contributed by atoms with Gasteiger partial charge in [-0.25, -0.2) is 13.6 Å². The molecule has 0 radical (unpaired) electrons. The minimum Gasteiger partial charge on any atom is -0.312 e. The van der Waals surface area contributed by atoms with Crippen LogP contribution in [0.15, 0.2) is 23.0 Å². The van der Waals surface area contributed by atoms with Crippen LogP contribution in [0.3, 0.4) is 0 Å². The lowest BCUT2D eigenvalue weighted by atomic mass is 10.1. The highest BCUT2D eigenvalue weighted by atomic mass is 32.2. The third-order valence-electron chi connectivity index (χ3n) is 3.54. The second kappa shape index (κ2) is 4.71. The van der Waals surface area contributed by atoms with Crippen molar-refractivity contribution in [2.75, 3.05) is 17.2 Å². The van der Waals surface area contributed by atoms with E-state index in [-0.39, 0.29) is 36.1 Å². The van der Waals surface area contributed by atoms with Gasteiger partial charge in [-0.1, -0.05) is 0 Å². The molecule has 1 unspecified atom stereocenters. The SMILES string of the molecule is NS(=O)(=O)CC1CC(=O)N(c2ccc3[nH][nH]c(=O)c3c2)C1. The molecule has 8 nitrogen and oxygen atoms in total. The molecule has 0 bridgehead atoms. The number of benzene rings is 1. The first-order valence-electron chi connectivity index (χ1n) is 6.35. The first-order valence-corrected chi connectivity index (χ1v) is 8.06. The number of aromatic amines is 2. The number of anilines is 1. The Bertz CT molecular complexity index is 867. The van der Waals surface area contributed by atoms with Crippen molar-refractivity contribution in [2.45, 2.75) is 6.42 Å². The number of amides is 1. The number of hydrogen-bond acceptors (Lipinski definition) is 4. The summed E-state index contributed by atoms with van der Waals surface area (Å²) >= 11 is 0. The standard InChI is InChI=1S/C12H14N4O4S/c13-21(19,20)6-7-3-11(17)16(5-7)8-1-2-10-9(4-8)12(18)15-14-10/h1-2,4,7H,3,5-6H2,(H2,13,19,20)(H2,14,15,18). The van der Waals surface area contributed by atoms with Crippen LogP contribution in [0, 0.1) is 5.92 Å². The molecule has 9 heteroatoms. The van der Waals surface area contributed by atoms with Gasteiger partial charge in [0.05, 0.1) is 16.7 Å². The van der Waals surface area contributed by atoms with Gasteiger partial charge in [-0.3, -0.25) is 19.8 Å². The largest absolute Gasteiger partial charge is 0.312 e. The third kappa shape index (κ3) is 2.69. The molecule has 4 N–H and O–H groups in total. The fraction of sp³-hybridized carbons (Fsp3) is 0.333. The maximum atomic E-state index is 12.0. The van der Waals surface area contributed by atoms with Crippen molar-refractivity contribution in [1.29, 1.82) is 0 Å². The molecule has 0 aliphatic carbocycles. The summed E-state index contributed by atoms with van der Waals surface area (Å²) in [5.74, 6) is -0.718. The summed E-state index contributed by atoms with van der Waals surface area (Å²) in [5, 5.41) is 10.7. The fourth-order valence-electron chi connectivity index (χ4n) is 2.66. The van der Waals surface area contributed by atoms with Crippen LogP contribution in [0.1, 0.15) is 6.42 Å². The van der Waals surface area contributed by atoms with E-state index in [0.29, 0.717) is 16.6 Å². The van der Waals surface area contributed by atoms with Gasteiger partial charge >= 0.3 is 0 Å². The van der Waals surface area contributed by atoms with Gasteiger partial charge in [0.15, 0.2) is 0 Å². The van der Waals surface area contributed by atoms with E-state index in [4.69, 9.17) is 5.14 Å². The average molecular weight is 310 g/mol. The number of hydrogen-bond donors (Lipinski definition) is 3. The molecule has 112 valence electrons. The van der Waals surface area contributed by atoms with E-state index in [1.165, 1.54) is 4.90 Å². The molecule has 1 fully saturated rings. The van der Waals surface area contributed by atoms with Crippen molar-refractivity contribution in [2.24, 2.45) is 11.1 Å². The number of nitrogens with one attached hydrogen (secondary N) is 2. The molecule has 1 aromatic carbocycles. The minimum absolute atomic E-state index is 0.137. The van der Waals surface area contributed by atoms with E-state index in [1.54, 1.807) is 18.2 Å². The molecule has 2 aromatic rings. The summed E-state index contributed by atoms with van der Waals surface area (Å²) in [4.78, 5) is 25.1. The van der Waals surface area contributed by atoms with Crippen LogP contribution in [0.2, 0.25) is 0 Å². The normalized spacial score (nSPS) is 19.6. The maximum absolute atomic E-state index is 12.0. The van der Waals surface area contributed by atoms with Crippen molar-refractivity contribution in [3.05, 3.63) is 28.6 Å². The monoisotopic (exact) mass is 310 g/mol. The van der Waals surface area contributed by atoms with Crippen molar-refractivity contribution in [3.8, 4) is 0 Å². The molecular formula is C12H14N4O4S. The predicted octanol–water partition coefficient (Wildman–Crippen LogP) is -0.502. The Hall–Kier alpha value is -2.13. The molecule has 0 spiro atoms. The summed E-state index contributed by atoms with van der Waals surface area (Å²) in [6.07, 6.45) is 0.137. The Morgan fingerprint density at radius 2 is 2.05 bits per heavy atom. The van der Waals surface area contributed by atoms with Gasteiger partial charge in [0.1, 0.15) is 0 Å². The molecule has 1 amide bonds. The highest BCUT2D eigenvalue weighted by Gasteiger charge is 2.32. The molecule has 3 rings (SSSR count). The topological polar surface area (TPSA) is 129 Å². The number of nitrogens with two attached hydrogens (primary N) is 1. The first kappa shape index (κ1) is 13.8. The van der Waals surface area contributed by atoms with Crippen LogP contribution in [0.4, 0.5) is 5.69 Å². The van der Waals surface area contributed by atoms with Gasteiger partial charge in [0.2, 0.25) is 15.9 Å². The quantitative estimate of drug-likeness (QED) is 0.705. The zero-order valence-corrected chi connectivity index (χ0v) is 11.8. The lowest BCUT2D eigenvalue weighted by molar-refractivity contribution is -0.117. The van der Waals surface area contributed by atoms with Crippen molar-refractivity contribution >= 4 is 32.5 Å². The van der Waals surface area contributed by atoms with Crippen LogP contribution in [-0.2, 0) is 14.8 Å². The van der Waals surface area contributed by atoms with Crippen molar-refractivity contribution < 1.29 is 13.2 Å². The van der Waals surface area contributed by atoms with E-state index in [1.807, 2.05) is 0 Å². The van der Waals surface area contributed by atoms with E-state index in [2.05, 4.69) is 10.2 Å². The second-order valence-corrected chi connectivity index (χ2v) is 6.87. The van der Waals surface area contributed by atoms with Crippen molar-refractivity contribution in [1.82, 2.24) is 10.2 Å². The summed E-state index contributed by atoms with van der Waals surface area (Å²) in [6, 6.07) is 5.02. The van der Waals surface area contributed by atoms with Crippen LogP contribution in [-0.4, -0.2) is 36.8 Å². The Balaban J connectivity index is 1.90. The summed E-state index contributed by atoms with van der Waals surface area (Å²) in [7, 11) is -3.61. The third-order valence-corrected chi connectivity index (χ3v) is 4.48. The Morgan fingerprint density at radius 3 is 2.76 bits per heavy atom. The second-order valence-electron chi connectivity index (χ2n) is 5.21. The van der Waals surface area contributed by atoms with Gasteiger partial charge in [-0.05, 0) is 18.2 Å². The highest BCUT2D eigenvalue weighted by molar-refractivity contribution is 7.89. The molecule has 1 aliphatic rings. The van der Waals surface area contributed by atoms with Gasteiger partial charge in [-0.2, -0.15) is 0 Å². The Kier molecular flexibility index (Phi) is 3.10. The number of H-pyrrole nitrogens is 2. The smallest absolute Gasteiger partial charge is 0.271 e. The number of carbonyl (C=O) groups is 1. The predicted molar refractivity (Wildman–Crippen MR) is 77.4 cm³/mol. The number of rotatable bonds is 3. The summed E-state index contributed by atoms with van der Waals surface area (Å²) < 4.78 is 22.2. The average Bonchev–Trinajstić information content (AvgIpc) is 2.91. The minimum atomic E-state index is -3.61. The molecule has 21 heavy (non-hydrogen) atoms. The van der Waals surface area contributed by atoms with Gasteiger partial charge in [0.25, 0.3) is 5.56 Å². The molecule has 1 aliphatic heterocycles. The summed E-state index contributed by atoms with van der Waals surface area (Å²) in [5.41, 5.74) is 0.964. The van der Waals surface area contributed by atoms with Crippen LogP contribution in [0.25, 0.3) is 10.9 Å².